The molecule has 0 heterocycles. The second-order valence-corrected chi connectivity index (χ2v) is 6.09. The second-order valence-electron chi connectivity index (χ2n) is 4.41. The van der Waals surface area contributed by atoms with E-state index in [0.29, 0.717) is 12.4 Å². The van der Waals surface area contributed by atoms with Gasteiger partial charge in [-0.1, -0.05) is 30.3 Å². The molecule has 0 spiro atoms. The van der Waals surface area contributed by atoms with Gasteiger partial charge in [-0.15, -0.1) is 0 Å². The molecule has 0 fully saturated rings. The van der Waals surface area contributed by atoms with E-state index in [1.54, 1.807) is 12.1 Å². The molecule has 2 rings (SSSR count). The van der Waals surface area contributed by atoms with E-state index in [2.05, 4.69) is 0 Å². The van der Waals surface area contributed by atoms with Crippen LogP contribution in [0.5, 0.6) is 5.75 Å². The number of ether oxygens (including phenoxy) is 1. The van der Waals surface area contributed by atoms with Crippen molar-refractivity contribution in [1.29, 1.82) is 0 Å². The van der Waals surface area contributed by atoms with Gasteiger partial charge in [-0.2, -0.15) is 0 Å². The third-order valence-corrected chi connectivity index (χ3v) is 4.11. The lowest BCUT2D eigenvalue weighted by atomic mass is 10.2. The smallest absolute Gasteiger partial charge is 0.264 e. The van der Waals surface area contributed by atoms with E-state index in [0.717, 1.165) is 12.5 Å². The minimum Gasteiger partial charge on any atom is -0.489 e. The van der Waals surface area contributed by atoms with Crippen molar-refractivity contribution in [2.75, 3.05) is 0 Å². The summed E-state index contributed by atoms with van der Waals surface area (Å²) in [6, 6.07) is 15.5. The summed E-state index contributed by atoms with van der Waals surface area (Å²) in [7, 11) is -3.80. The molecule has 0 bridgehead atoms. The molecule has 21 heavy (non-hydrogen) atoms. The Balaban J connectivity index is 2.04. The summed E-state index contributed by atoms with van der Waals surface area (Å²) >= 11 is 0. The zero-order valence-corrected chi connectivity index (χ0v) is 12.3. The molecule has 0 aliphatic rings. The predicted octanol–water partition coefficient (Wildman–Crippen LogP) is 2.09. The zero-order chi connectivity index (χ0) is 15.3. The minimum absolute atomic E-state index is 0.0183. The highest BCUT2D eigenvalue weighted by atomic mass is 32.2. The number of rotatable bonds is 5. The van der Waals surface area contributed by atoms with Crippen LogP contribution in [-0.2, 0) is 21.4 Å². The maximum absolute atomic E-state index is 11.8. The van der Waals surface area contributed by atoms with E-state index in [9.17, 15) is 13.2 Å². The van der Waals surface area contributed by atoms with Gasteiger partial charge in [-0.3, -0.25) is 4.79 Å². The van der Waals surface area contributed by atoms with Gasteiger partial charge >= 0.3 is 0 Å². The Morgan fingerprint density at radius 1 is 1.05 bits per heavy atom. The topological polar surface area (TPSA) is 72.5 Å². The van der Waals surface area contributed by atoms with Gasteiger partial charge < -0.3 is 4.74 Å². The van der Waals surface area contributed by atoms with Crippen LogP contribution >= 0.6 is 0 Å². The van der Waals surface area contributed by atoms with Crippen molar-refractivity contribution in [3.63, 3.8) is 0 Å². The van der Waals surface area contributed by atoms with Crippen molar-refractivity contribution < 1.29 is 17.9 Å². The van der Waals surface area contributed by atoms with Crippen LogP contribution in [0.3, 0.4) is 0 Å². The first-order valence-electron chi connectivity index (χ1n) is 6.27. The van der Waals surface area contributed by atoms with Crippen molar-refractivity contribution in [2.45, 2.75) is 18.4 Å². The van der Waals surface area contributed by atoms with Crippen LogP contribution in [-0.4, -0.2) is 14.3 Å². The highest BCUT2D eigenvalue weighted by Crippen LogP contribution is 2.17. The summed E-state index contributed by atoms with van der Waals surface area (Å²) in [4.78, 5) is 10.9. The molecular formula is C15H15NO4S. The molecule has 1 amide bonds. The van der Waals surface area contributed by atoms with E-state index in [-0.39, 0.29) is 4.90 Å². The number of nitrogens with one attached hydrogen (secondary N) is 1. The van der Waals surface area contributed by atoms with Gasteiger partial charge in [-0.05, 0) is 29.8 Å². The first-order chi connectivity index (χ1) is 9.97. The summed E-state index contributed by atoms with van der Waals surface area (Å²) in [5, 5.41) is 0. The molecule has 0 saturated carbocycles. The van der Waals surface area contributed by atoms with E-state index in [1.165, 1.54) is 12.1 Å². The third-order valence-electron chi connectivity index (χ3n) is 2.66. The first-order valence-corrected chi connectivity index (χ1v) is 7.76. The van der Waals surface area contributed by atoms with Gasteiger partial charge in [0.25, 0.3) is 10.0 Å². The molecule has 1 N–H and O–H groups in total. The molecule has 0 radical (unpaired) electrons. The van der Waals surface area contributed by atoms with Crippen molar-refractivity contribution in [2.24, 2.45) is 0 Å². The summed E-state index contributed by atoms with van der Waals surface area (Å²) < 4.78 is 31.0. The summed E-state index contributed by atoms with van der Waals surface area (Å²) in [6.07, 6.45) is 0. The van der Waals surface area contributed by atoms with Gasteiger partial charge in [0.2, 0.25) is 5.91 Å². The normalized spacial score (nSPS) is 10.9. The molecular weight excluding hydrogens is 290 g/mol. The number of hydrogen-bond acceptors (Lipinski definition) is 4. The number of amides is 1. The number of sulfonamides is 1. The highest BCUT2D eigenvalue weighted by Gasteiger charge is 2.14. The van der Waals surface area contributed by atoms with Crippen LogP contribution in [0.15, 0.2) is 59.5 Å². The van der Waals surface area contributed by atoms with Crippen LogP contribution in [0.4, 0.5) is 0 Å². The third kappa shape index (κ3) is 4.32. The predicted molar refractivity (Wildman–Crippen MR) is 78.2 cm³/mol. The van der Waals surface area contributed by atoms with E-state index in [1.807, 2.05) is 35.1 Å². The Kier molecular flexibility index (Phi) is 4.59. The molecule has 5 nitrogen and oxygen atoms in total. The Morgan fingerprint density at radius 2 is 1.67 bits per heavy atom. The molecule has 2 aromatic carbocycles. The molecule has 110 valence electrons. The Morgan fingerprint density at radius 3 is 2.24 bits per heavy atom. The largest absolute Gasteiger partial charge is 0.489 e. The second kappa shape index (κ2) is 6.41. The Labute approximate surface area is 123 Å². The lowest BCUT2D eigenvalue weighted by molar-refractivity contribution is -0.117. The molecule has 0 saturated heterocycles. The molecule has 0 aliphatic heterocycles. The van der Waals surface area contributed by atoms with Crippen LogP contribution < -0.4 is 9.46 Å². The summed E-state index contributed by atoms with van der Waals surface area (Å²) in [5.41, 5.74) is 1.02. The first kappa shape index (κ1) is 15.1. The van der Waals surface area contributed by atoms with Crippen LogP contribution in [0.25, 0.3) is 0 Å². The average Bonchev–Trinajstić information content (AvgIpc) is 2.45. The molecule has 0 atom stereocenters. The molecule has 2 aromatic rings. The lowest BCUT2D eigenvalue weighted by Gasteiger charge is -2.08. The van der Waals surface area contributed by atoms with Gasteiger partial charge in [0.15, 0.2) is 0 Å². The van der Waals surface area contributed by atoms with E-state index in [4.69, 9.17) is 4.74 Å². The highest BCUT2D eigenvalue weighted by molar-refractivity contribution is 7.90. The SMILES string of the molecule is CC(=O)NS(=O)(=O)c1ccc(OCc2ccccc2)cc1. The number of carbonyl (C=O) groups excluding carboxylic acids is 1. The summed E-state index contributed by atoms with van der Waals surface area (Å²) in [6.45, 7) is 1.55. The van der Waals surface area contributed by atoms with Crippen molar-refractivity contribution >= 4 is 15.9 Å². The minimum atomic E-state index is -3.80. The fourth-order valence-corrected chi connectivity index (χ4v) is 2.69. The maximum atomic E-state index is 11.8. The number of benzene rings is 2. The van der Waals surface area contributed by atoms with Gasteiger partial charge in [0, 0.05) is 6.92 Å². The van der Waals surface area contributed by atoms with Crippen molar-refractivity contribution in [1.82, 2.24) is 4.72 Å². The fourth-order valence-electron chi connectivity index (χ4n) is 1.70. The molecule has 0 aromatic heterocycles. The van der Waals surface area contributed by atoms with Gasteiger partial charge in [0.1, 0.15) is 12.4 Å². The van der Waals surface area contributed by atoms with E-state index < -0.39 is 15.9 Å². The standard InChI is InChI=1S/C15H15NO4S/c1-12(17)16-21(18,19)15-9-7-14(8-10-15)20-11-13-5-3-2-4-6-13/h2-10H,11H2,1H3,(H,16,17). The number of hydrogen-bond donors (Lipinski definition) is 1. The molecule has 6 heteroatoms. The Hall–Kier alpha value is -2.34. The van der Waals surface area contributed by atoms with Crippen molar-refractivity contribution in [3.05, 3.63) is 60.2 Å². The van der Waals surface area contributed by atoms with Crippen LogP contribution in [0.1, 0.15) is 12.5 Å². The number of carbonyl (C=O) groups is 1. The quantitative estimate of drug-likeness (QED) is 0.918. The summed E-state index contributed by atoms with van der Waals surface area (Å²) in [5.74, 6) is -0.0694. The average molecular weight is 305 g/mol. The van der Waals surface area contributed by atoms with Gasteiger partial charge in [-0.25, -0.2) is 13.1 Å². The van der Waals surface area contributed by atoms with Crippen LogP contribution in [0.2, 0.25) is 0 Å². The van der Waals surface area contributed by atoms with Gasteiger partial charge in [0.05, 0.1) is 4.90 Å². The van der Waals surface area contributed by atoms with E-state index >= 15 is 0 Å². The Bertz CT molecular complexity index is 709. The maximum Gasteiger partial charge on any atom is 0.264 e. The lowest BCUT2D eigenvalue weighted by Crippen LogP contribution is -2.28. The molecule has 0 aliphatic carbocycles. The van der Waals surface area contributed by atoms with Crippen LogP contribution in [0, 0.1) is 0 Å². The monoisotopic (exact) mass is 305 g/mol. The fraction of sp³-hybridized carbons (Fsp3) is 0.133. The van der Waals surface area contributed by atoms with Crippen molar-refractivity contribution in [3.8, 4) is 5.75 Å². The zero-order valence-electron chi connectivity index (χ0n) is 11.4. The molecule has 0 unspecified atom stereocenters.